The average Bonchev–Trinajstić information content (AvgIpc) is 2.67. The molecule has 1 aliphatic carbocycles. The van der Waals surface area contributed by atoms with Crippen LogP contribution in [-0.4, -0.2) is 16.6 Å². The Hall–Kier alpha value is -3.35. The lowest BCUT2D eigenvalue weighted by molar-refractivity contribution is -0.384. The lowest BCUT2D eigenvalue weighted by Gasteiger charge is -2.42. The van der Waals surface area contributed by atoms with Gasteiger partial charge in [-0.25, -0.2) is 4.39 Å². The summed E-state index contributed by atoms with van der Waals surface area (Å²) >= 11 is 0. The maximum atomic E-state index is 14.6. The zero-order valence-corrected chi connectivity index (χ0v) is 16.7. The molecule has 1 atom stereocenters. The molecule has 0 fully saturated rings. The average molecular weight is 408 g/mol. The summed E-state index contributed by atoms with van der Waals surface area (Å²) in [6, 6.07) is 12.0. The zero-order valence-electron chi connectivity index (χ0n) is 16.7. The van der Waals surface area contributed by atoms with E-state index in [1.807, 2.05) is 13.8 Å². The Morgan fingerprint density at radius 1 is 1.10 bits per heavy atom. The van der Waals surface area contributed by atoms with E-state index in [-0.39, 0.29) is 34.9 Å². The molecular formula is C23H21FN2O4. The van der Waals surface area contributed by atoms with Crippen molar-refractivity contribution in [2.24, 2.45) is 5.41 Å². The van der Waals surface area contributed by atoms with Crippen molar-refractivity contribution in [3.05, 3.63) is 81.3 Å². The molecule has 6 nitrogen and oxygen atoms in total. The number of amides is 1. The minimum atomic E-state index is -0.584. The highest BCUT2D eigenvalue weighted by Gasteiger charge is 2.45. The first kappa shape index (κ1) is 19.9. The van der Waals surface area contributed by atoms with Crippen LogP contribution in [0, 0.1) is 21.3 Å². The molecule has 0 spiro atoms. The number of para-hydroxylation sites is 1. The molecule has 0 saturated heterocycles. The molecule has 0 radical (unpaired) electrons. The van der Waals surface area contributed by atoms with Crippen molar-refractivity contribution in [3.8, 4) is 0 Å². The van der Waals surface area contributed by atoms with Gasteiger partial charge in [0, 0.05) is 42.2 Å². The molecule has 1 amide bonds. The number of ketones is 1. The van der Waals surface area contributed by atoms with Crippen LogP contribution in [0.2, 0.25) is 0 Å². The van der Waals surface area contributed by atoms with E-state index in [1.54, 1.807) is 24.3 Å². The number of anilines is 1. The normalized spacial score (nSPS) is 20.9. The SMILES string of the molecule is CC1(C)CC(=O)C2=C(C1)N(c1ccccc1F)C(=O)C[C@H]2c1cccc([N+](=O)[O-])c1. The Morgan fingerprint density at radius 3 is 2.53 bits per heavy atom. The second-order valence-electron chi connectivity index (χ2n) is 8.59. The molecule has 154 valence electrons. The van der Waals surface area contributed by atoms with Gasteiger partial charge >= 0.3 is 0 Å². The van der Waals surface area contributed by atoms with Crippen LogP contribution in [-0.2, 0) is 9.59 Å². The number of nitro groups is 1. The standard InChI is InChI=1S/C23H21FN2O4/c1-23(2)12-19-22(20(27)13-23)16(14-6-5-7-15(10-14)26(29)30)11-21(28)25(19)18-9-4-3-8-17(18)24/h3-10,16H,11-13H2,1-2H3/t16-/m0/s1. The smallest absolute Gasteiger partial charge is 0.269 e. The van der Waals surface area contributed by atoms with E-state index in [0.29, 0.717) is 29.7 Å². The third-order valence-electron chi connectivity index (χ3n) is 5.72. The summed E-state index contributed by atoms with van der Waals surface area (Å²) in [4.78, 5) is 38.4. The molecule has 1 heterocycles. The molecule has 2 aromatic carbocycles. The molecule has 0 unspecified atom stereocenters. The van der Waals surface area contributed by atoms with Crippen molar-refractivity contribution in [1.82, 2.24) is 0 Å². The molecule has 0 saturated carbocycles. The molecule has 4 rings (SSSR count). The highest BCUT2D eigenvalue weighted by molar-refractivity contribution is 6.07. The molecular weight excluding hydrogens is 387 g/mol. The van der Waals surface area contributed by atoms with Gasteiger partial charge in [0.05, 0.1) is 10.6 Å². The molecule has 0 N–H and O–H groups in total. The lowest BCUT2D eigenvalue weighted by Crippen LogP contribution is -2.44. The highest BCUT2D eigenvalue weighted by Crippen LogP contribution is 2.48. The molecule has 2 aromatic rings. The topological polar surface area (TPSA) is 80.5 Å². The summed E-state index contributed by atoms with van der Waals surface area (Å²) in [5, 5.41) is 11.2. The van der Waals surface area contributed by atoms with Gasteiger partial charge < -0.3 is 0 Å². The summed E-state index contributed by atoms with van der Waals surface area (Å²) in [5.41, 5.74) is 1.14. The van der Waals surface area contributed by atoms with E-state index in [2.05, 4.69) is 0 Å². The van der Waals surface area contributed by atoms with Crippen LogP contribution in [0.25, 0.3) is 0 Å². The van der Waals surface area contributed by atoms with Crippen LogP contribution in [0.1, 0.15) is 44.6 Å². The van der Waals surface area contributed by atoms with Crippen LogP contribution in [0.4, 0.5) is 15.8 Å². The van der Waals surface area contributed by atoms with Crippen LogP contribution < -0.4 is 4.90 Å². The number of hydrogen-bond donors (Lipinski definition) is 0. The lowest BCUT2D eigenvalue weighted by atomic mass is 9.69. The number of nitro benzene ring substituents is 1. The van der Waals surface area contributed by atoms with Crippen LogP contribution in [0.5, 0.6) is 0 Å². The number of halogens is 1. The van der Waals surface area contributed by atoms with Gasteiger partial charge in [-0.15, -0.1) is 0 Å². The van der Waals surface area contributed by atoms with E-state index in [4.69, 9.17) is 0 Å². The molecule has 1 aliphatic heterocycles. The van der Waals surface area contributed by atoms with Gasteiger partial charge in [0.15, 0.2) is 5.78 Å². The van der Waals surface area contributed by atoms with E-state index < -0.39 is 16.7 Å². The number of nitrogens with zero attached hydrogens (tertiary/aromatic N) is 2. The Balaban J connectivity index is 1.92. The van der Waals surface area contributed by atoms with E-state index >= 15 is 0 Å². The zero-order chi connectivity index (χ0) is 21.6. The number of benzene rings is 2. The summed E-state index contributed by atoms with van der Waals surface area (Å²) in [6.07, 6.45) is 0.677. The number of hydrogen-bond acceptors (Lipinski definition) is 4. The van der Waals surface area contributed by atoms with Crippen LogP contribution in [0.15, 0.2) is 59.8 Å². The fourth-order valence-electron chi connectivity index (χ4n) is 4.47. The maximum absolute atomic E-state index is 14.6. The Morgan fingerprint density at radius 2 is 1.83 bits per heavy atom. The Bertz CT molecular complexity index is 1110. The van der Waals surface area contributed by atoms with Crippen molar-refractivity contribution in [1.29, 1.82) is 0 Å². The van der Waals surface area contributed by atoms with Crippen molar-refractivity contribution in [2.45, 2.75) is 39.0 Å². The van der Waals surface area contributed by atoms with Gasteiger partial charge in [0.25, 0.3) is 5.69 Å². The van der Waals surface area contributed by atoms with Crippen molar-refractivity contribution >= 4 is 23.1 Å². The van der Waals surface area contributed by atoms with Gasteiger partial charge in [0.2, 0.25) is 5.91 Å². The molecule has 2 aliphatic rings. The maximum Gasteiger partial charge on any atom is 0.269 e. The minimum Gasteiger partial charge on any atom is -0.294 e. The highest BCUT2D eigenvalue weighted by atomic mass is 19.1. The predicted molar refractivity (Wildman–Crippen MR) is 109 cm³/mol. The molecule has 0 aromatic heterocycles. The van der Waals surface area contributed by atoms with Crippen molar-refractivity contribution in [3.63, 3.8) is 0 Å². The van der Waals surface area contributed by atoms with Gasteiger partial charge in [-0.2, -0.15) is 0 Å². The first-order chi connectivity index (χ1) is 14.2. The monoisotopic (exact) mass is 408 g/mol. The van der Waals surface area contributed by atoms with Crippen molar-refractivity contribution < 1.29 is 18.9 Å². The molecule has 30 heavy (non-hydrogen) atoms. The first-order valence-electron chi connectivity index (χ1n) is 9.76. The minimum absolute atomic E-state index is 0.0551. The van der Waals surface area contributed by atoms with Gasteiger partial charge in [-0.3, -0.25) is 24.6 Å². The number of rotatable bonds is 3. The summed E-state index contributed by atoms with van der Waals surface area (Å²) in [7, 11) is 0. The number of allylic oxidation sites excluding steroid dienone is 2. The van der Waals surface area contributed by atoms with Gasteiger partial charge in [0.1, 0.15) is 5.82 Å². The Labute approximate surface area is 173 Å². The molecule has 7 heteroatoms. The van der Waals surface area contributed by atoms with E-state index in [9.17, 15) is 24.1 Å². The summed E-state index contributed by atoms with van der Waals surface area (Å²) < 4.78 is 14.6. The van der Waals surface area contributed by atoms with Crippen LogP contribution in [0.3, 0.4) is 0 Å². The van der Waals surface area contributed by atoms with Crippen molar-refractivity contribution in [2.75, 3.05) is 4.90 Å². The first-order valence-corrected chi connectivity index (χ1v) is 9.76. The number of carbonyl (C=O) groups is 2. The van der Waals surface area contributed by atoms with E-state index in [1.165, 1.54) is 29.2 Å². The summed E-state index contributed by atoms with van der Waals surface area (Å²) in [5.74, 6) is -1.56. The third-order valence-corrected chi connectivity index (χ3v) is 5.72. The molecule has 0 bridgehead atoms. The van der Waals surface area contributed by atoms with Gasteiger partial charge in [-0.05, 0) is 29.5 Å². The Kier molecular flexibility index (Phi) is 4.76. The second-order valence-corrected chi connectivity index (χ2v) is 8.59. The van der Waals surface area contributed by atoms with Gasteiger partial charge in [-0.1, -0.05) is 38.1 Å². The number of non-ortho nitro benzene ring substituents is 1. The predicted octanol–water partition coefficient (Wildman–Crippen LogP) is 4.90. The van der Waals surface area contributed by atoms with E-state index in [0.717, 1.165) is 0 Å². The fraction of sp³-hybridized carbons (Fsp3) is 0.304. The second kappa shape index (κ2) is 7.16. The largest absolute Gasteiger partial charge is 0.294 e. The quantitative estimate of drug-likeness (QED) is 0.535. The third kappa shape index (κ3) is 3.40. The number of carbonyl (C=O) groups excluding carboxylic acids is 2. The summed E-state index contributed by atoms with van der Waals surface area (Å²) in [6.45, 7) is 3.88. The number of Topliss-reactive ketones (excluding diaryl/α,β-unsaturated/α-hetero) is 1. The van der Waals surface area contributed by atoms with Crippen LogP contribution >= 0.6 is 0 Å². The fourth-order valence-corrected chi connectivity index (χ4v) is 4.47.